The van der Waals surface area contributed by atoms with Gasteiger partial charge < -0.3 is 10.2 Å². The molecule has 3 unspecified atom stereocenters. The standard InChI is InChI=1S/C15H21N3O2/c1-9(2)13-14(19)17-10(3)15(20)18(13)11(4)12-7-5-6-8-16-12/h5-11,13H,1-4H3,(H,17,19). The van der Waals surface area contributed by atoms with Gasteiger partial charge in [-0.15, -0.1) is 0 Å². The number of rotatable bonds is 3. The van der Waals surface area contributed by atoms with Gasteiger partial charge in [0.25, 0.3) is 0 Å². The first kappa shape index (κ1) is 14.5. The zero-order chi connectivity index (χ0) is 14.9. The maximum Gasteiger partial charge on any atom is 0.246 e. The average molecular weight is 275 g/mol. The molecule has 5 heteroatoms. The van der Waals surface area contributed by atoms with E-state index in [1.165, 1.54) is 0 Å². The molecule has 0 aliphatic carbocycles. The zero-order valence-corrected chi connectivity index (χ0v) is 12.3. The van der Waals surface area contributed by atoms with Crippen molar-refractivity contribution in [1.29, 1.82) is 0 Å². The molecule has 5 nitrogen and oxygen atoms in total. The minimum atomic E-state index is -0.483. The molecule has 1 aromatic heterocycles. The third-order valence-electron chi connectivity index (χ3n) is 3.72. The molecule has 108 valence electrons. The van der Waals surface area contributed by atoms with Crippen LogP contribution in [0.4, 0.5) is 0 Å². The van der Waals surface area contributed by atoms with Gasteiger partial charge in [-0.1, -0.05) is 19.9 Å². The van der Waals surface area contributed by atoms with Crippen LogP contribution in [-0.4, -0.2) is 33.8 Å². The molecule has 0 spiro atoms. The molecule has 0 aromatic carbocycles. The second kappa shape index (κ2) is 5.61. The van der Waals surface area contributed by atoms with Crippen LogP contribution in [0.3, 0.4) is 0 Å². The predicted octanol–water partition coefficient (Wildman–Crippen LogP) is 1.51. The second-order valence-corrected chi connectivity index (χ2v) is 5.60. The molecule has 1 aliphatic rings. The molecule has 2 rings (SSSR count). The lowest BCUT2D eigenvalue weighted by molar-refractivity contribution is -0.153. The second-order valence-electron chi connectivity index (χ2n) is 5.60. The molecule has 2 amide bonds. The lowest BCUT2D eigenvalue weighted by Gasteiger charge is -2.43. The Bertz CT molecular complexity index is 501. The molecule has 1 aliphatic heterocycles. The molecule has 2 heterocycles. The van der Waals surface area contributed by atoms with E-state index in [0.717, 1.165) is 5.69 Å². The Morgan fingerprint density at radius 2 is 1.95 bits per heavy atom. The molecular formula is C15H21N3O2. The number of carbonyl (C=O) groups excluding carboxylic acids is 2. The Hall–Kier alpha value is -1.91. The lowest BCUT2D eigenvalue weighted by Crippen LogP contribution is -2.64. The van der Waals surface area contributed by atoms with Crippen LogP contribution in [0, 0.1) is 5.92 Å². The van der Waals surface area contributed by atoms with Crippen molar-refractivity contribution in [2.45, 2.75) is 45.8 Å². The van der Waals surface area contributed by atoms with Crippen molar-refractivity contribution in [2.75, 3.05) is 0 Å². The van der Waals surface area contributed by atoms with Crippen LogP contribution in [0.15, 0.2) is 24.4 Å². The predicted molar refractivity (Wildman–Crippen MR) is 75.7 cm³/mol. The molecule has 0 radical (unpaired) electrons. The third kappa shape index (κ3) is 2.53. The van der Waals surface area contributed by atoms with Crippen LogP contribution in [-0.2, 0) is 9.59 Å². The summed E-state index contributed by atoms with van der Waals surface area (Å²) in [4.78, 5) is 30.7. The van der Waals surface area contributed by atoms with Crippen LogP contribution < -0.4 is 5.32 Å². The minimum absolute atomic E-state index is 0.0533. The van der Waals surface area contributed by atoms with Gasteiger partial charge >= 0.3 is 0 Å². The number of nitrogens with one attached hydrogen (secondary N) is 1. The Kier molecular flexibility index (Phi) is 4.06. The fraction of sp³-hybridized carbons (Fsp3) is 0.533. The van der Waals surface area contributed by atoms with Crippen molar-refractivity contribution < 1.29 is 9.59 Å². The van der Waals surface area contributed by atoms with E-state index < -0.39 is 12.1 Å². The number of aromatic nitrogens is 1. The smallest absolute Gasteiger partial charge is 0.246 e. The van der Waals surface area contributed by atoms with Gasteiger partial charge in [0.15, 0.2) is 0 Å². The Morgan fingerprint density at radius 3 is 2.50 bits per heavy atom. The molecular weight excluding hydrogens is 254 g/mol. The van der Waals surface area contributed by atoms with Crippen LogP contribution in [0.1, 0.15) is 39.4 Å². The summed E-state index contributed by atoms with van der Waals surface area (Å²) in [7, 11) is 0. The van der Waals surface area contributed by atoms with Crippen molar-refractivity contribution in [3.63, 3.8) is 0 Å². The van der Waals surface area contributed by atoms with Crippen molar-refractivity contribution >= 4 is 11.8 Å². The number of piperazine rings is 1. The van der Waals surface area contributed by atoms with Gasteiger partial charge in [-0.25, -0.2) is 0 Å². The van der Waals surface area contributed by atoms with Crippen molar-refractivity contribution in [3.8, 4) is 0 Å². The van der Waals surface area contributed by atoms with Crippen molar-refractivity contribution in [3.05, 3.63) is 30.1 Å². The van der Waals surface area contributed by atoms with Gasteiger partial charge in [0.1, 0.15) is 12.1 Å². The SMILES string of the molecule is CC1NC(=O)C(C(C)C)N(C(C)c2ccccn2)C1=O. The number of pyridine rings is 1. The number of nitrogens with zero attached hydrogens (tertiary/aromatic N) is 2. The number of amides is 2. The monoisotopic (exact) mass is 275 g/mol. The highest BCUT2D eigenvalue weighted by molar-refractivity contribution is 5.97. The molecule has 0 bridgehead atoms. The molecule has 1 fully saturated rings. The summed E-state index contributed by atoms with van der Waals surface area (Å²) >= 11 is 0. The van der Waals surface area contributed by atoms with Crippen molar-refractivity contribution in [1.82, 2.24) is 15.2 Å². The summed E-state index contributed by atoms with van der Waals surface area (Å²) in [5, 5.41) is 2.75. The summed E-state index contributed by atoms with van der Waals surface area (Å²) in [6.45, 7) is 7.53. The maximum absolute atomic E-state index is 12.5. The van der Waals surface area contributed by atoms with Gasteiger partial charge in [-0.2, -0.15) is 0 Å². The summed E-state index contributed by atoms with van der Waals surface area (Å²) in [5.74, 6) is -0.0889. The van der Waals surface area contributed by atoms with Gasteiger partial charge in [-0.3, -0.25) is 14.6 Å². The molecule has 1 N–H and O–H groups in total. The Morgan fingerprint density at radius 1 is 1.25 bits per heavy atom. The van der Waals surface area contributed by atoms with E-state index in [1.54, 1.807) is 18.0 Å². The van der Waals surface area contributed by atoms with Gasteiger partial charge in [0.05, 0.1) is 11.7 Å². The highest BCUT2D eigenvalue weighted by atomic mass is 16.2. The van der Waals surface area contributed by atoms with E-state index in [1.807, 2.05) is 39.0 Å². The number of hydrogen-bond donors (Lipinski definition) is 1. The first-order chi connectivity index (χ1) is 9.43. The third-order valence-corrected chi connectivity index (χ3v) is 3.72. The van der Waals surface area contributed by atoms with E-state index in [-0.39, 0.29) is 23.8 Å². The van der Waals surface area contributed by atoms with E-state index in [2.05, 4.69) is 10.3 Å². The summed E-state index contributed by atoms with van der Waals surface area (Å²) in [6.07, 6.45) is 1.70. The average Bonchev–Trinajstić information content (AvgIpc) is 2.42. The lowest BCUT2D eigenvalue weighted by atomic mass is 9.95. The van der Waals surface area contributed by atoms with Crippen LogP contribution in [0.25, 0.3) is 0 Å². The first-order valence-electron chi connectivity index (χ1n) is 6.97. The van der Waals surface area contributed by atoms with E-state index >= 15 is 0 Å². The first-order valence-corrected chi connectivity index (χ1v) is 6.97. The van der Waals surface area contributed by atoms with Crippen molar-refractivity contribution in [2.24, 2.45) is 5.92 Å². The van der Waals surface area contributed by atoms with Crippen LogP contribution in [0.5, 0.6) is 0 Å². The quantitative estimate of drug-likeness (QED) is 0.909. The molecule has 1 saturated heterocycles. The van der Waals surface area contributed by atoms with Crippen LogP contribution >= 0.6 is 0 Å². The van der Waals surface area contributed by atoms with Gasteiger partial charge in [0, 0.05) is 6.20 Å². The summed E-state index contributed by atoms with van der Waals surface area (Å²) < 4.78 is 0. The fourth-order valence-electron chi connectivity index (χ4n) is 2.67. The fourth-order valence-corrected chi connectivity index (χ4v) is 2.67. The largest absolute Gasteiger partial charge is 0.343 e. The number of hydrogen-bond acceptors (Lipinski definition) is 3. The molecule has 1 aromatic rings. The summed E-state index contributed by atoms with van der Waals surface area (Å²) in [5.41, 5.74) is 0.799. The normalized spacial score (nSPS) is 24.8. The highest BCUT2D eigenvalue weighted by Crippen LogP contribution is 2.27. The Balaban J connectivity index is 2.37. The molecule has 0 saturated carbocycles. The number of carbonyl (C=O) groups is 2. The molecule has 20 heavy (non-hydrogen) atoms. The van der Waals surface area contributed by atoms with Crippen LogP contribution in [0.2, 0.25) is 0 Å². The van der Waals surface area contributed by atoms with E-state index in [0.29, 0.717) is 0 Å². The maximum atomic E-state index is 12.5. The molecule has 3 atom stereocenters. The Labute approximate surface area is 119 Å². The zero-order valence-electron chi connectivity index (χ0n) is 12.3. The minimum Gasteiger partial charge on any atom is -0.343 e. The summed E-state index contributed by atoms with van der Waals surface area (Å²) in [6, 6.07) is 4.46. The van der Waals surface area contributed by atoms with E-state index in [4.69, 9.17) is 0 Å². The highest BCUT2D eigenvalue weighted by Gasteiger charge is 2.42. The van der Waals surface area contributed by atoms with Gasteiger partial charge in [0.2, 0.25) is 11.8 Å². The topological polar surface area (TPSA) is 62.3 Å². The van der Waals surface area contributed by atoms with Gasteiger partial charge in [-0.05, 0) is 31.9 Å². The van der Waals surface area contributed by atoms with E-state index in [9.17, 15) is 9.59 Å².